The first-order chi connectivity index (χ1) is 7.09. The number of rotatable bonds is 5. The van der Waals surface area contributed by atoms with E-state index in [0.29, 0.717) is 12.2 Å². The van der Waals surface area contributed by atoms with Crippen molar-refractivity contribution in [2.75, 3.05) is 11.9 Å². The van der Waals surface area contributed by atoms with Gasteiger partial charge in [0, 0.05) is 24.8 Å². The SMILES string of the molecule is NC(=O)CCNc1ccnc(C(N)=O)c1. The van der Waals surface area contributed by atoms with Crippen LogP contribution in [0.25, 0.3) is 0 Å². The molecule has 0 saturated heterocycles. The fourth-order valence-corrected chi connectivity index (χ4v) is 1.01. The number of anilines is 1. The summed E-state index contributed by atoms with van der Waals surface area (Å²) >= 11 is 0. The summed E-state index contributed by atoms with van der Waals surface area (Å²) in [5.41, 5.74) is 10.9. The van der Waals surface area contributed by atoms with Crippen molar-refractivity contribution in [3.05, 3.63) is 24.0 Å². The van der Waals surface area contributed by atoms with Crippen LogP contribution in [-0.4, -0.2) is 23.3 Å². The lowest BCUT2D eigenvalue weighted by molar-refractivity contribution is -0.117. The lowest BCUT2D eigenvalue weighted by atomic mass is 10.3. The minimum Gasteiger partial charge on any atom is -0.384 e. The smallest absolute Gasteiger partial charge is 0.267 e. The number of aromatic nitrogens is 1. The first kappa shape index (κ1) is 11.0. The predicted octanol–water partition coefficient (Wildman–Crippen LogP) is -0.532. The van der Waals surface area contributed by atoms with Crippen LogP contribution in [0.4, 0.5) is 5.69 Å². The molecule has 0 aliphatic carbocycles. The minimum atomic E-state index is -0.589. The van der Waals surface area contributed by atoms with Crippen LogP contribution in [0.15, 0.2) is 18.3 Å². The summed E-state index contributed by atoms with van der Waals surface area (Å²) in [6.45, 7) is 0.414. The molecule has 0 aliphatic rings. The fourth-order valence-electron chi connectivity index (χ4n) is 1.01. The van der Waals surface area contributed by atoms with E-state index < -0.39 is 5.91 Å². The lowest BCUT2D eigenvalue weighted by Gasteiger charge is -2.04. The summed E-state index contributed by atoms with van der Waals surface area (Å²) in [4.78, 5) is 25.0. The van der Waals surface area contributed by atoms with Gasteiger partial charge in [0.2, 0.25) is 5.91 Å². The number of carbonyl (C=O) groups excluding carboxylic acids is 2. The summed E-state index contributed by atoms with van der Waals surface area (Å²) in [6, 6.07) is 3.19. The molecule has 0 radical (unpaired) electrons. The maximum Gasteiger partial charge on any atom is 0.267 e. The first-order valence-corrected chi connectivity index (χ1v) is 4.37. The van der Waals surface area contributed by atoms with Crippen molar-refractivity contribution in [1.29, 1.82) is 0 Å². The van der Waals surface area contributed by atoms with Gasteiger partial charge in [-0.3, -0.25) is 14.6 Å². The molecule has 6 heteroatoms. The van der Waals surface area contributed by atoms with Crippen molar-refractivity contribution in [2.24, 2.45) is 11.5 Å². The van der Waals surface area contributed by atoms with Crippen LogP contribution in [0, 0.1) is 0 Å². The Hall–Kier alpha value is -2.11. The molecule has 0 saturated carbocycles. The molecule has 6 nitrogen and oxygen atoms in total. The van der Waals surface area contributed by atoms with Crippen LogP contribution < -0.4 is 16.8 Å². The molecule has 1 heterocycles. The summed E-state index contributed by atoms with van der Waals surface area (Å²) in [5.74, 6) is -0.972. The number of nitrogens with zero attached hydrogens (tertiary/aromatic N) is 1. The summed E-state index contributed by atoms with van der Waals surface area (Å²) < 4.78 is 0. The fraction of sp³-hybridized carbons (Fsp3) is 0.222. The third kappa shape index (κ3) is 3.63. The number of hydrogen-bond donors (Lipinski definition) is 3. The number of pyridine rings is 1. The van der Waals surface area contributed by atoms with Gasteiger partial charge in [-0.1, -0.05) is 0 Å². The molecule has 0 aliphatic heterocycles. The normalized spacial score (nSPS) is 9.60. The van der Waals surface area contributed by atoms with Crippen LogP contribution in [0.2, 0.25) is 0 Å². The van der Waals surface area contributed by atoms with E-state index >= 15 is 0 Å². The van der Waals surface area contributed by atoms with Crippen LogP contribution in [0.1, 0.15) is 16.9 Å². The van der Waals surface area contributed by atoms with Crippen molar-refractivity contribution in [1.82, 2.24) is 4.98 Å². The summed E-state index contributed by atoms with van der Waals surface area (Å²) in [7, 11) is 0. The number of carbonyl (C=O) groups is 2. The molecule has 0 aromatic carbocycles. The molecular weight excluding hydrogens is 196 g/mol. The average molecular weight is 208 g/mol. The maximum atomic E-state index is 10.8. The maximum absolute atomic E-state index is 10.8. The molecule has 15 heavy (non-hydrogen) atoms. The molecule has 0 bridgehead atoms. The molecule has 0 spiro atoms. The van der Waals surface area contributed by atoms with Crippen LogP contribution in [-0.2, 0) is 4.79 Å². The zero-order chi connectivity index (χ0) is 11.3. The highest BCUT2D eigenvalue weighted by atomic mass is 16.1. The molecule has 1 aromatic rings. The number of hydrogen-bond acceptors (Lipinski definition) is 4. The van der Waals surface area contributed by atoms with Gasteiger partial charge in [-0.25, -0.2) is 0 Å². The average Bonchev–Trinajstić information content (AvgIpc) is 2.17. The van der Waals surface area contributed by atoms with Gasteiger partial charge in [0.1, 0.15) is 5.69 Å². The van der Waals surface area contributed by atoms with Gasteiger partial charge in [0.15, 0.2) is 0 Å². The molecule has 0 fully saturated rings. The molecule has 2 amide bonds. The van der Waals surface area contributed by atoms with Gasteiger partial charge >= 0.3 is 0 Å². The van der Waals surface area contributed by atoms with E-state index in [4.69, 9.17) is 11.5 Å². The van der Waals surface area contributed by atoms with E-state index in [1.165, 1.54) is 12.3 Å². The second kappa shape index (κ2) is 4.94. The van der Waals surface area contributed by atoms with Gasteiger partial charge < -0.3 is 16.8 Å². The Bertz CT molecular complexity index is 378. The Kier molecular flexibility index (Phi) is 3.61. The van der Waals surface area contributed by atoms with Crippen molar-refractivity contribution in [2.45, 2.75) is 6.42 Å². The van der Waals surface area contributed by atoms with E-state index in [1.54, 1.807) is 6.07 Å². The van der Waals surface area contributed by atoms with Crippen LogP contribution in [0.3, 0.4) is 0 Å². The molecule has 1 aromatic heterocycles. The Morgan fingerprint density at radius 3 is 2.73 bits per heavy atom. The Balaban J connectivity index is 2.58. The number of primary amides is 2. The monoisotopic (exact) mass is 208 g/mol. The second-order valence-electron chi connectivity index (χ2n) is 2.94. The zero-order valence-electron chi connectivity index (χ0n) is 8.06. The van der Waals surface area contributed by atoms with Crippen molar-refractivity contribution in [3.8, 4) is 0 Å². The van der Waals surface area contributed by atoms with Gasteiger partial charge in [-0.2, -0.15) is 0 Å². The highest BCUT2D eigenvalue weighted by Gasteiger charge is 2.02. The van der Waals surface area contributed by atoms with Gasteiger partial charge in [0.25, 0.3) is 5.91 Å². The Labute approximate surface area is 86.7 Å². The highest BCUT2D eigenvalue weighted by molar-refractivity contribution is 5.91. The van der Waals surface area contributed by atoms with E-state index in [0.717, 1.165) is 0 Å². The topological polar surface area (TPSA) is 111 Å². The van der Waals surface area contributed by atoms with Gasteiger partial charge in [-0.05, 0) is 12.1 Å². The van der Waals surface area contributed by atoms with Crippen LogP contribution >= 0.6 is 0 Å². The first-order valence-electron chi connectivity index (χ1n) is 4.37. The molecule has 5 N–H and O–H groups in total. The molecule has 0 unspecified atom stereocenters. The molecule has 0 atom stereocenters. The minimum absolute atomic E-state index is 0.180. The summed E-state index contributed by atoms with van der Waals surface area (Å²) in [6.07, 6.45) is 1.70. The van der Waals surface area contributed by atoms with Crippen LogP contribution in [0.5, 0.6) is 0 Å². The number of nitrogens with two attached hydrogens (primary N) is 2. The van der Waals surface area contributed by atoms with E-state index in [2.05, 4.69) is 10.3 Å². The van der Waals surface area contributed by atoms with E-state index in [-0.39, 0.29) is 18.0 Å². The van der Waals surface area contributed by atoms with Gasteiger partial charge in [0.05, 0.1) is 0 Å². The third-order valence-electron chi connectivity index (χ3n) is 1.71. The van der Waals surface area contributed by atoms with Gasteiger partial charge in [-0.15, -0.1) is 0 Å². The lowest BCUT2D eigenvalue weighted by Crippen LogP contribution is -2.16. The van der Waals surface area contributed by atoms with Crippen molar-refractivity contribution in [3.63, 3.8) is 0 Å². The van der Waals surface area contributed by atoms with E-state index in [9.17, 15) is 9.59 Å². The Morgan fingerprint density at radius 2 is 2.13 bits per heavy atom. The predicted molar refractivity (Wildman–Crippen MR) is 55.1 cm³/mol. The number of amides is 2. The highest BCUT2D eigenvalue weighted by Crippen LogP contribution is 2.07. The zero-order valence-corrected chi connectivity index (χ0v) is 8.06. The third-order valence-corrected chi connectivity index (χ3v) is 1.71. The summed E-state index contributed by atoms with van der Waals surface area (Å²) in [5, 5.41) is 2.92. The standard InChI is InChI=1S/C9H12N4O2/c10-8(14)2-4-12-6-1-3-13-7(5-6)9(11)15/h1,3,5H,2,4H2,(H2,10,14)(H2,11,15)(H,12,13). The molecule has 1 rings (SSSR count). The molecule has 80 valence electrons. The van der Waals surface area contributed by atoms with E-state index in [1.807, 2.05) is 0 Å². The van der Waals surface area contributed by atoms with Crippen molar-refractivity contribution < 1.29 is 9.59 Å². The number of nitrogens with one attached hydrogen (secondary N) is 1. The van der Waals surface area contributed by atoms with Crippen molar-refractivity contribution >= 4 is 17.5 Å². The Morgan fingerprint density at radius 1 is 1.40 bits per heavy atom. The quantitative estimate of drug-likeness (QED) is 0.603. The second-order valence-corrected chi connectivity index (χ2v) is 2.94. The molecular formula is C9H12N4O2. The largest absolute Gasteiger partial charge is 0.384 e.